The number of halogens is 5. The summed E-state index contributed by atoms with van der Waals surface area (Å²) in [4.78, 5) is 28.4. The van der Waals surface area contributed by atoms with Gasteiger partial charge in [0, 0.05) is 13.0 Å². The van der Waals surface area contributed by atoms with E-state index in [1.165, 1.54) is 18.2 Å². The molecule has 0 fully saturated rings. The number of carboxylic acid groups (broad SMARTS) is 1. The fourth-order valence-corrected chi connectivity index (χ4v) is 3.84. The number of carbonyl (C=O) groups is 2. The molecule has 196 valence electrons. The van der Waals surface area contributed by atoms with Crippen molar-refractivity contribution in [2.24, 2.45) is 0 Å². The zero-order valence-corrected chi connectivity index (χ0v) is 19.6. The van der Waals surface area contributed by atoms with Crippen molar-refractivity contribution >= 4 is 18.0 Å². The van der Waals surface area contributed by atoms with E-state index in [0.29, 0.717) is 29.3 Å². The minimum atomic E-state index is -6.15. The number of benzene rings is 1. The number of ether oxygens (including phenoxy) is 1. The highest BCUT2D eigenvalue weighted by Crippen LogP contribution is 2.41. The second kappa shape index (κ2) is 10.7. The second-order valence-electron chi connectivity index (χ2n) is 8.27. The lowest BCUT2D eigenvalue weighted by molar-refractivity contribution is -0.275. The van der Waals surface area contributed by atoms with Gasteiger partial charge in [0.15, 0.2) is 6.04 Å². The fraction of sp³-hybridized carbons (Fsp3) is 0.458. The molecule has 1 atom stereocenters. The lowest BCUT2D eigenvalue weighted by atomic mass is 9.91. The molecule has 1 aromatic heterocycles. The Morgan fingerprint density at radius 2 is 2.00 bits per heavy atom. The number of aliphatic carboxylic acids is 1. The van der Waals surface area contributed by atoms with E-state index >= 15 is 0 Å². The molecule has 0 bridgehead atoms. The van der Waals surface area contributed by atoms with Gasteiger partial charge in [-0.25, -0.2) is 9.78 Å². The molecule has 0 radical (unpaired) electrons. The van der Waals surface area contributed by atoms with Crippen LogP contribution in [0.3, 0.4) is 0 Å². The lowest BCUT2D eigenvalue weighted by Crippen LogP contribution is -2.55. The Morgan fingerprint density at radius 3 is 2.64 bits per heavy atom. The van der Waals surface area contributed by atoms with Crippen molar-refractivity contribution in [3.63, 3.8) is 0 Å². The molecule has 12 heteroatoms. The van der Waals surface area contributed by atoms with Crippen molar-refractivity contribution in [3.05, 3.63) is 52.7 Å². The van der Waals surface area contributed by atoms with Gasteiger partial charge in [-0.1, -0.05) is 25.5 Å². The molecule has 0 saturated heterocycles. The van der Waals surface area contributed by atoms with Gasteiger partial charge in [-0.05, 0) is 49.1 Å². The highest BCUT2D eigenvalue weighted by molar-refractivity contribution is 5.90. The molecule has 2 aromatic rings. The van der Waals surface area contributed by atoms with Crippen molar-refractivity contribution in [3.8, 4) is 5.75 Å². The monoisotopic (exact) mass is 516 g/mol. The molecule has 2 heterocycles. The SMILES string of the molecule is CCC/C=C/c1nc(CCOc2ccc3c(c2)C(C(=O)O)N(C(=O)C(F)(F)C(F)(F)F)CC3)c(C)o1. The van der Waals surface area contributed by atoms with E-state index in [1.54, 1.807) is 13.0 Å². The van der Waals surface area contributed by atoms with Crippen LogP contribution in [0.1, 0.15) is 54.3 Å². The summed E-state index contributed by atoms with van der Waals surface area (Å²) in [6.07, 6.45) is -0.320. The van der Waals surface area contributed by atoms with Gasteiger partial charge >= 0.3 is 24.0 Å². The summed E-state index contributed by atoms with van der Waals surface area (Å²) in [5.41, 5.74) is 0.974. The van der Waals surface area contributed by atoms with E-state index in [1.807, 2.05) is 13.0 Å². The molecule has 1 aliphatic heterocycles. The summed E-state index contributed by atoms with van der Waals surface area (Å²) < 4.78 is 76.8. The number of rotatable bonds is 9. The zero-order chi connectivity index (χ0) is 26.7. The first-order valence-electron chi connectivity index (χ1n) is 11.2. The molecule has 1 unspecified atom stereocenters. The van der Waals surface area contributed by atoms with Crippen LogP contribution in [0.15, 0.2) is 28.7 Å². The van der Waals surface area contributed by atoms with Crippen LogP contribution in [0.25, 0.3) is 6.08 Å². The van der Waals surface area contributed by atoms with Crippen molar-refractivity contribution in [2.45, 2.75) is 57.7 Å². The number of aromatic nitrogens is 1. The number of hydrogen-bond acceptors (Lipinski definition) is 5. The second-order valence-corrected chi connectivity index (χ2v) is 8.27. The molecule has 1 amide bonds. The van der Waals surface area contributed by atoms with E-state index < -0.39 is 36.6 Å². The van der Waals surface area contributed by atoms with Gasteiger partial charge < -0.3 is 19.2 Å². The molecule has 1 aromatic carbocycles. The molecule has 1 N–H and O–H groups in total. The third-order valence-corrected chi connectivity index (χ3v) is 5.70. The standard InChI is InChI=1S/C24H25F5N2O5/c1-3-4-5-6-19-30-18(14(2)36-19)10-12-35-16-8-7-15-9-11-31(20(21(32)33)17(15)13-16)22(34)23(25,26)24(27,28)29/h5-8,13,20H,3-4,9-12H2,1-2H3,(H,32,33)/b6-5+. The van der Waals surface area contributed by atoms with Crippen molar-refractivity contribution in [1.29, 1.82) is 0 Å². The maximum Gasteiger partial charge on any atom is 0.463 e. The number of carbonyl (C=O) groups excluding carboxylic acids is 1. The maximum atomic E-state index is 13.7. The molecule has 1 aliphatic rings. The van der Waals surface area contributed by atoms with E-state index in [-0.39, 0.29) is 29.2 Å². The number of nitrogens with zero attached hydrogens (tertiary/aromatic N) is 2. The zero-order valence-electron chi connectivity index (χ0n) is 19.6. The number of carboxylic acids is 1. The Hall–Kier alpha value is -3.44. The van der Waals surface area contributed by atoms with E-state index in [2.05, 4.69) is 4.98 Å². The van der Waals surface area contributed by atoms with Crippen LogP contribution in [0.4, 0.5) is 22.0 Å². The van der Waals surface area contributed by atoms with Crippen LogP contribution in [-0.4, -0.2) is 52.1 Å². The Balaban J connectivity index is 1.76. The summed E-state index contributed by atoms with van der Waals surface area (Å²) >= 11 is 0. The topological polar surface area (TPSA) is 92.9 Å². The smallest absolute Gasteiger partial charge is 0.463 e. The van der Waals surface area contributed by atoms with Gasteiger partial charge in [0.05, 0.1) is 12.3 Å². The number of alkyl halides is 5. The highest BCUT2D eigenvalue weighted by Gasteiger charge is 2.65. The van der Waals surface area contributed by atoms with Crippen molar-refractivity contribution < 1.29 is 45.8 Å². The summed E-state index contributed by atoms with van der Waals surface area (Å²) in [6.45, 7) is 3.30. The molecule has 0 saturated carbocycles. The largest absolute Gasteiger partial charge is 0.493 e. The van der Waals surface area contributed by atoms with Gasteiger partial charge in [0.1, 0.15) is 11.5 Å². The summed E-state index contributed by atoms with van der Waals surface area (Å²) in [6, 6.07) is 2.26. The predicted octanol–water partition coefficient (Wildman–Crippen LogP) is 5.13. The average Bonchev–Trinajstić information content (AvgIpc) is 3.16. The summed E-state index contributed by atoms with van der Waals surface area (Å²) in [7, 11) is 0. The van der Waals surface area contributed by atoms with Gasteiger partial charge in [-0.15, -0.1) is 0 Å². The first-order chi connectivity index (χ1) is 16.9. The number of amides is 1. The highest BCUT2D eigenvalue weighted by atomic mass is 19.4. The van der Waals surface area contributed by atoms with Crippen LogP contribution in [0.2, 0.25) is 0 Å². The Labute approximate surface area is 203 Å². The third-order valence-electron chi connectivity index (χ3n) is 5.70. The molecule has 0 spiro atoms. The quantitative estimate of drug-likeness (QED) is 0.465. The van der Waals surface area contributed by atoms with E-state index in [0.717, 1.165) is 12.8 Å². The summed E-state index contributed by atoms with van der Waals surface area (Å²) in [5, 5.41) is 9.61. The number of fused-ring (bicyclic) bond motifs is 1. The predicted molar refractivity (Wildman–Crippen MR) is 118 cm³/mol. The van der Waals surface area contributed by atoms with Crippen molar-refractivity contribution in [1.82, 2.24) is 9.88 Å². The molecule has 36 heavy (non-hydrogen) atoms. The number of unbranched alkanes of at least 4 members (excludes halogenated alkanes) is 1. The minimum Gasteiger partial charge on any atom is -0.493 e. The Kier molecular flexibility index (Phi) is 8.05. The first kappa shape index (κ1) is 27.2. The third kappa shape index (κ3) is 5.68. The van der Waals surface area contributed by atoms with Gasteiger partial charge in [-0.3, -0.25) is 4.79 Å². The molecular formula is C24H25F5N2O5. The Bertz CT molecular complexity index is 1140. The van der Waals surface area contributed by atoms with E-state index in [9.17, 15) is 36.6 Å². The minimum absolute atomic E-state index is 0.0499. The summed E-state index contributed by atoms with van der Waals surface area (Å²) in [5.74, 6) is -8.83. The van der Waals surface area contributed by atoms with Crippen LogP contribution >= 0.6 is 0 Å². The number of allylic oxidation sites excluding steroid dienone is 1. The maximum absolute atomic E-state index is 13.7. The van der Waals surface area contributed by atoms with Gasteiger partial charge in [-0.2, -0.15) is 22.0 Å². The van der Waals surface area contributed by atoms with Crippen LogP contribution in [-0.2, 0) is 22.4 Å². The molecule has 0 aliphatic carbocycles. The lowest BCUT2D eigenvalue weighted by Gasteiger charge is -2.37. The number of oxazole rings is 1. The van der Waals surface area contributed by atoms with Crippen LogP contribution in [0, 0.1) is 6.92 Å². The molecule has 3 rings (SSSR count). The van der Waals surface area contributed by atoms with Gasteiger partial charge in [0.2, 0.25) is 5.89 Å². The normalized spacial score (nSPS) is 16.3. The van der Waals surface area contributed by atoms with E-state index in [4.69, 9.17) is 9.15 Å². The average molecular weight is 516 g/mol. The Morgan fingerprint density at radius 1 is 1.28 bits per heavy atom. The first-order valence-corrected chi connectivity index (χ1v) is 11.2. The van der Waals surface area contributed by atoms with Crippen molar-refractivity contribution in [2.75, 3.05) is 13.2 Å². The number of hydrogen-bond donors (Lipinski definition) is 1. The number of aryl methyl sites for hydroxylation is 1. The van der Waals surface area contributed by atoms with Crippen LogP contribution < -0.4 is 4.74 Å². The molecule has 7 nitrogen and oxygen atoms in total. The van der Waals surface area contributed by atoms with Crippen LogP contribution in [0.5, 0.6) is 5.75 Å². The van der Waals surface area contributed by atoms with Gasteiger partial charge in [0.25, 0.3) is 0 Å². The molecular weight excluding hydrogens is 491 g/mol. The fourth-order valence-electron chi connectivity index (χ4n) is 3.84.